The summed E-state index contributed by atoms with van der Waals surface area (Å²) < 4.78 is 7.33. The molecule has 0 unspecified atom stereocenters. The first kappa shape index (κ1) is 22.3. The van der Waals surface area contributed by atoms with Gasteiger partial charge in [-0.05, 0) is 30.7 Å². The highest BCUT2D eigenvalue weighted by molar-refractivity contribution is 8.03. The number of thioether (sulfide) groups is 1. The highest BCUT2D eigenvalue weighted by atomic mass is 32.2. The second-order valence-electron chi connectivity index (χ2n) is 8.56. The number of methoxy groups -OCH3 is 1. The van der Waals surface area contributed by atoms with E-state index in [2.05, 4.69) is 11.2 Å². The average Bonchev–Trinajstić information content (AvgIpc) is 3.48. The maximum Gasteiger partial charge on any atom is 0.231 e. The number of aromatic nitrogens is 2. The summed E-state index contributed by atoms with van der Waals surface area (Å²) in [5, 5.41) is 26.5. The van der Waals surface area contributed by atoms with Crippen molar-refractivity contribution in [1.82, 2.24) is 14.7 Å². The lowest BCUT2D eigenvalue weighted by atomic mass is 9.84. The molecule has 0 aliphatic carbocycles. The van der Waals surface area contributed by atoms with Crippen LogP contribution >= 0.6 is 11.8 Å². The number of rotatable bonds is 5. The Morgan fingerprint density at radius 3 is 2.76 bits per heavy atom. The molecule has 1 amide bonds. The number of carbonyl (C=O) groups is 1. The van der Waals surface area contributed by atoms with Gasteiger partial charge in [-0.3, -0.25) is 14.4 Å². The molecule has 2 aliphatic heterocycles. The molecule has 3 heterocycles. The predicted octanol–water partition coefficient (Wildman–Crippen LogP) is 3.89. The summed E-state index contributed by atoms with van der Waals surface area (Å²) in [4.78, 5) is 14.8. The van der Waals surface area contributed by atoms with Crippen LogP contribution in [-0.4, -0.2) is 38.6 Å². The second kappa shape index (κ2) is 8.67. The smallest absolute Gasteiger partial charge is 0.231 e. The summed E-state index contributed by atoms with van der Waals surface area (Å²) in [6, 6.07) is 17.5. The Bertz CT molecular complexity index is 1310. The molecule has 5 rings (SSSR count). The Morgan fingerprint density at radius 1 is 1.29 bits per heavy atom. The fourth-order valence-corrected chi connectivity index (χ4v) is 6.01. The first-order chi connectivity index (χ1) is 16.4. The summed E-state index contributed by atoms with van der Waals surface area (Å²) in [7, 11) is 1.62. The molecule has 2 aromatic carbocycles. The quantitative estimate of drug-likeness (QED) is 0.606. The van der Waals surface area contributed by atoms with E-state index < -0.39 is 5.72 Å². The maximum absolute atomic E-state index is 13.4. The van der Waals surface area contributed by atoms with E-state index >= 15 is 0 Å². The van der Waals surface area contributed by atoms with Crippen molar-refractivity contribution in [3.05, 3.63) is 93.8 Å². The number of aryl methyl sites for hydroxylation is 1. The second-order valence-corrected chi connectivity index (χ2v) is 9.53. The van der Waals surface area contributed by atoms with Gasteiger partial charge >= 0.3 is 0 Å². The summed E-state index contributed by atoms with van der Waals surface area (Å²) in [5.74, 6) is 0.413. The zero-order valence-corrected chi connectivity index (χ0v) is 19.7. The van der Waals surface area contributed by atoms with Crippen LogP contribution in [-0.2, 0) is 17.1 Å². The number of benzene rings is 2. The first-order valence-corrected chi connectivity index (χ1v) is 12.0. The molecule has 3 aromatic rings. The number of fused-ring (bicyclic) bond motifs is 1. The van der Waals surface area contributed by atoms with Crippen molar-refractivity contribution >= 4 is 17.7 Å². The molecular formula is C26H24N4O3S. The molecule has 7 nitrogen and oxygen atoms in total. The molecule has 0 spiro atoms. The highest BCUT2D eigenvalue weighted by Gasteiger charge is 2.51. The highest BCUT2D eigenvalue weighted by Crippen LogP contribution is 2.51. The Morgan fingerprint density at radius 2 is 2.09 bits per heavy atom. The molecule has 0 bridgehead atoms. The number of nitriles is 1. The molecule has 2 atom stereocenters. The SMILES string of the molecule is COc1ccc([C@@H]2CC(=O)N3C(=C2C#N)SC[C@@]3(O)c2ccc(C)cc2)cc1Cn1cccn1. The third-order valence-electron chi connectivity index (χ3n) is 6.42. The normalized spacial score (nSPS) is 22.0. The van der Waals surface area contributed by atoms with Gasteiger partial charge in [0.1, 0.15) is 5.75 Å². The number of ether oxygens (including phenoxy) is 1. The minimum absolute atomic E-state index is 0.106. The van der Waals surface area contributed by atoms with Crippen molar-refractivity contribution in [2.75, 3.05) is 12.9 Å². The van der Waals surface area contributed by atoms with Crippen molar-refractivity contribution in [2.45, 2.75) is 31.5 Å². The van der Waals surface area contributed by atoms with Crippen LogP contribution in [0, 0.1) is 18.3 Å². The molecule has 8 heteroatoms. The minimum Gasteiger partial charge on any atom is -0.496 e. The van der Waals surface area contributed by atoms with E-state index in [1.165, 1.54) is 16.7 Å². The maximum atomic E-state index is 13.4. The van der Waals surface area contributed by atoms with E-state index in [1.54, 1.807) is 18.0 Å². The summed E-state index contributed by atoms with van der Waals surface area (Å²) in [6.45, 7) is 2.49. The van der Waals surface area contributed by atoms with Gasteiger partial charge in [0.2, 0.25) is 5.91 Å². The number of allylic oxidation sites excluding steroid dienone is 1. The molecule has 34 heavy (non-hydrogen) atoms. The van der Waals surface area contributed by atoms with Crippen LogP contribution in [0.3, 0.4) is 0 Å². The third kappa shape index (κ3) is 3.67. The fourth-order valence-electron chi connectivity index (χ4n) is 4.65. The van der Waals surface area contributed by atoms with Crippen molar-refractivity contribution < 1.29 is 14.6 Å². The van der Waals surface area contributed by atoms with Crippen molar-refractivity contribution in [3.63, 3.8) is 0 Å². The Balaban J connectivity index is 1.54. The molecule has 0 saturated carbocycles. The minimum atomic E-state index is -1.47. The van der Waals surface area contributed by atoms with Crippen LogP contribution in [0.25, 0.3) is 0 Å². The number of aliphatic hydroxyl groups is 1. The van der Waals surface area contributed by atoms with Crippen LogP contribution in [0.5, 0.6) is 5.75 Å². The van der Waals surface area contributed by atoms with Gasteiger partial charge in [0, 0.05) is 35.9 Å². The summed E-state index contributed by atoms with van der Waals surface area (Å²) in [5.41, 5.74) is 2.53. The van der Waals surface area contributed by atoms with E-state index in [9.17, 15) is 15.2 Å². The molecule has 1 saturated heterocycles. The largest absolute Gasteiger partial charge is 0.496 e. The van der Waals surface area contributed by atoms with E-state index in [0.717, 1.165) is 22.4 Å². The van der Waals surface area contributed by atoms with Gasteiger partial charge in [-0.15, -0.1) is 11.8 Å². The third-order valence-corrected chi connectivity index (χ3v) is 7.65. The lowest BCUT2D eigenvalue weighted by Gasteiger charge is -2.38. The molecule has 1 N–H and O–H groups in total. The topological polar surface area (TPSA) is 91.4 Å². The number of nitrogens with zero attached hydrogens (tertiary/aromatic N) is 4. The van der Waals surface area contributed by atoms with Gasteiger partial charge in [-0.1, -0.05) is 35.9 Å². The van der Waals surface area contributed by atoms with Crippen LogP contribution in [0.4, 0.5) is 0 Å². The van der Waals surface area contributed by atoms with Gasteiger partial charge in [0.05, 0.1) is 36.1 Å². The van der Waals surface area contributed by atoms with E-state index in [1.807, 2.05) is 61.7 Å². The van der Waals surface area contributed by atoms with Crippen LogP contribution in [0.1, 0.15) is 34.6 Å². The van der Waals surface area contributed by atoms with Crippen LogP contribution in [0.2, 0.25) is 0 Å². The van der Waals surface area contributed by atoms with E-state index in [0.29, 0.717) is 22.7 Å². The van der Waals surface area contributed by atoms with Gasteiger partial charge in [0.15, 0.2) is 5.72 Å². The average molecular weight is 473 g/mol. The molecule has 1 fully saturated rings. The van der Waals surface area contributed by atoms with Gasteiger partial charge in [-0.2, -0.15) is 10.4 Å². The van der Waals surface area contributed by atoms with E-state index in [-0.39, 0.29) is 24.0 Å². The van der Waals surface area contributed by atoms with Crippen LogP contribution in [0.15, 0.2) is 71.5 Å². The zero-order chi connectivity index (χ0) is 23.9. The summed E-state index contributed by atoms with van der Waals surface area (Å²) in [6.07, 6.45) is 3.70. The lowest BCUT2D eigenvalue weighted by Crippen LogP contribution is -2.48. The standard InChI is InChI=1S/C26H24N4O3S/c1-17-4-7-20(8-5-17)26(32)16-34-25-22(14-27)21(13-24(31)30(25)26)18-6-9-23(33-2)19(12-18)15-29-11-3-10-28-29/h3-12,21,32H,13,15-16H2,1-2H3/t21-,26+/m0/s1. The van der Waals surface area contributed by atoms with Crippen molar-refractivity contribution in [1.29, 1.82) is 5.26 Å². The molecular weight excluding hydrogens is 448 g/mol. The van der Waals surface area contributed by atoms with Crippen molar-refractivity contribution in [3.8, 4) is 11.8 Å². The predicted molar refractivity (Wildman–Crippen MR) is 129 cm³/mol. The number of amides is 1. The molecule has 0 radical (unpaired) electrons. The number of hydrogen-bond acceptors (Lipinski definition) is 6. The lowest BCUT2D eigenvalue weighted by molar-refractivity contribution is -0.149. The van der Waals surface area contributed by atoms with Crippen molar-refractivity contribution in [2.24, 2.45) is 0 Å². The number of hydrogen-bond donors (Lipinski definition) is 1. The first-order valence-electron chi connectivity index (χ1n) is 11.0. The Hall–Kier alpha value is -3.54. The van der Waals surface area contributed by atoms with Gasteiger partial charge < -0.3 is 9.84 Å². The van der Waals surface area contributed by atoms with Crippen LogP contribution < -0.4 is 4.74 Å². The zero-order valence-electron chi connectivity index (χ0n) is 18.9. The summed E-state index contributed by atoms with van der Waals surface area (Å²) >= 11 is 1.36. The number of carbonyl (C=O) groups excluding carboxylic acids is 1. The molecule has 1 aromatic heterocycles. The van der Waals surface area contributed by atoms with E-state index in [4.69, 9.17) is 4.74 Å². The fraction of sp³-hybridized carbons (Fsp3) is 0.269. The van der Waals surface area contributed by atoms with Gasteiger partial charge in [0.25, 0.3) is 0 Å². The monoisotopic (exact) mass is 472 g/mol. The molecule has 172 valence electrons. The molecule has 2 aliphatic rings. The Kier molecular flexibility index (Phi) is 5.68. The van der Waals surface area contributed by atoms with Gasteiger partial charge in [-0.25, -0.2) is 0 Å². The Labute approximate surface area is 202 Å².